The zero-order valence-corrected chi connectivity index (χ0v) is 13.5. The highest BCUT2D eigenvalue weighted by Gasteiger charge is 2.16. The maximum absolute atomic E-state index is 12.3. The number of nitrogens with zero attached hydrogens (tertiary/aromatic N) is 1. The van der Waals surface area contributed by atoms with Crippen molar-refractivity contribution in [2.75, 3.05) is 13.7 Å². The SMILES string of the molecule is COc1ccc(C(O)CNC(=O)c2n[nH]c3ccc(C)cc23)cc1. The Labute approximate surface area is 139 Å². The number of carbonyl (C=O) groups excluding carboxylic acids is 1. The predicted octanol–water partition coefficient (Wildman–Crippen LogP) is 2.34. The molecule has 3 rings (SSSR count). The Kier molecular flexibility index (Phi) is 4.48. The summed E-state index contributed by atoms with van der Waals surface area (Å²) in [6.45, 7) is 2.06. The van der Waals surface area contributed by atoms with Crippen molar-refractivity contribution < 1.29 is 14.6 Å². The minimum absolute atomic E-state index is 0.103. The molecule has 1 aromatic heterocycles. The molecule has 0 spiro atoms. The summed E-state index contributed by atoms with van der Waals surface area (Å²) in [5.41, 5.74) is 2.90. The van der Waals surface area contributed by atoms with E-state index in [2.05, 4.69) is 15.5 Å². The van der Waals surface area contributed by atoms with Crippen molar-refractivity contribution >= 4 is 16.8 Å². The number of aromatic nitrogens is 2. The fourth-order valence-corrected chi connectivity index (χ4v) is 2.52. The van der Waals surface area contributed by atoms with E-state index in [1.165, 1.54) is 0 Å². The van der Waals surface area contributed by atoms with Crippen LogP contribution in [0.4, 0.5) is 0 Å². The van der Waals surface area contributed by atoms with E-state index in [0.717, 1.165) is 16.5 Å². The molecule has 0 bridgehead atoms. The normalized spacial score (nSPS) is 12.1. The fourth-order valence-electron chi connectivity index (χ4n) is 2.52. The van der Waals surface area contributed by atoms with Crippen molar-refractivity contribution in [2.45, 2.75) is 13.0 Å². The van der Waals surface area contributed by atoms with Gasteiger partial charge in [-0.05, 0) is 36.8 Å². The summed E-state index contributed by atoms with van der Waals surface area (Å²) in [5, 5.41) is 20.6. The maximum Gasteiger partial charge on any atom is 0.272 e. The van der Waals surface area contributed by atoms with Gasteiger partial charge in [-0.3, -0.25) is 9.89 Å². The second-order valence-corrected chi connectivity index (χ2v) is 5.62. The minimum Gasteiger partial charge on any atom is -0.497 e. The van der Waals surface area contributed by atoms with E-state index in [0.29, 0.717) is 17.0 Å². The number of aromatic amines is 1. The van der Waals surface area contributed by atoms with Crippen LogP contribution in [-0.4, -0.2) is 34.9 Å². The van der Waals surface area contributed by atoms with E-state index in [-0.39, 0.29) is 12.5 Å². The molecule has 0 saturated heterocycles. The summed E-state index contributed by atoms with van der Waals surface area (Å²) < 4.78 is 5.08. The number of fused-ring (bicyclic) bond motifs is 1. The van der Waals surface area contributed by atoms with Crippen LogP contribution in [0.3, 0.4) is 0 Å². The molecule has 3 aromatic rings. The number of aliphatic hydroxyl groups excluding tert-OH is 1. The van der Waals surface area contributed by atoms with E-state index in [9.17, 15) is 9.90 Å². The predicted molar refractivity (Wildman–Crippen MR) is 91.1 cm³/mol. The summed E-state index contributed by atoms with van der Waals surface area (Å²) >= 11 is 0. The number of carbonyl (C=O) groups is 1. The number of methoxy groups -OCH3 is 1. The van der Waals surface area contributed by atoms with Crippen LogP contribution in [0.2, 0.25) is 0 Å². The first-order chi connectivity index (χ1) is 11.6. The molecule has 3 N–H and O–H groups in total. The van der Waals surface area contributed by atoms with Gasteiger partial charge in [0.25, 0.3) is 5.91 Å². The van der Waals surface area contributed by atoms with Gasteiger partial charge in [0.2, 0.25) is 0 Å². The smallest absolute Gasteiger partial charge is 0.272 e. The third-order valence-electron chi connectivity index (χ3n) is 3.89. The van der Waals surface area contributed by atoms with E-state index in [1.54, 1.807) is 31.4 Å². The average molecular weight is 325 g/mol. The van der Waals surface area contributed by atoms with Gasteiger partial charge in [-0.25, -0.2) is 0 Å². The van der Waals surface area contributed by atoms with Crippen molar-refractivity contribution in [3.8, 4) is 5.75 Å². The lowest BCUT2D eigenvalue weighted by molar-refractivity contribution is 0.0913. The summed E-state index contributed by atoms with van der Waals surface area (Å²) in [5.74, 6) is 0.396. The quantitative estimate of drug-likeness (QED) is 0.672. The second kappa shape index (κ2) is 6.72. The molecule has 1 atom stereocenters. The number of aliphatic hydroxyl groups is 1. The van der Waals surface area contributed by atoms with Gasteiger partial charge < -0.3 is 15.2 Å². The van der Waals surface area contributed by atoms with Crippen LogP contribution in [-0.2, 0) is 0 Å². The molecular weight excluding hydrogens is 306 g/mol. The number of rotatable bonds is 5. The maximum atomic E-state index is 12.3. The first kappa shape index (κ1) is 16.0. The molecule has 24 heavy (non-hydrogen) atoms. The molecule has 1 unspecified atom stereocenters. The topological polar surface area (TPSA) is 87.2 Å². The molecule has 0 fully saturated rings. The van der Waals surface area contributed by atoms with Crippen LogP contribution in [0.1, 0.15) is 27.7 Å². The van der Waals surface area contributed by atoms with Crippen LogP contribution in [0.15, 0.2) is 42.5 Å². The number of H-pyrrole nitrogens is 1. The summed E-state index contributed by atoms with van der Waals surface area (Å²) in [6.07, 6.45) is -0.799. The van der Waals surface area contributed by atoms with Crippen molar-refractivity contribution in [3.63, 3.8) is 0 Å². The van der Waals surface area contributed by atoms with Gasteiger partial charge in [0.1, 0.15) is 5.75 Å². The molecule has 0 aliphatic heterocycles. The molecule has 2 aromatic carbocycles. The zero-order chi connectivity index (χ0) is 17.1. The van der Waals surface area contributed by atoms with Crippen LogP contribution >= 0.6 is 0 Å². The number of nitrogens with one attached hydrogen (secondary N) is 2. The Morgan fingerprint density at radius 1 is 1.29 bits per heavy atom. The number of aryl methyl sites for hydroxylation is 1. The van der Waals surface area contributed by atoms with Gasteiger partial charge in [-0.2, -0.15) is 5.10 Å². The molecule has 0 aliphatic rings. The Balaban J connectivity index is 1.68. The fraction of sp³-hybridized carbons (Fsp3) is 0.222. The van der Waals surface area contributed by atoms with Crippen LogP contribution in [0, 0.1) is 6.92 Å². The first-order valence-electron chi connectivity index (χ1n) is 7.63. The number of hydrogen-bond donors (Lipinski definition) is 3. The third kappa shape index (κ3) is 3.23. The highest BCUT2D eigenvalue weighted by Crippen LogP contribution is 2.19. The second-order valence-electron chi connectivity index (χ2n) is 5.62. The Morgan fingerprint density at radius 3 is 2.75 bits per heavy atom. The van der Waals surface area contributed by atoms with Crippen molar-refractivity contribution in [1.82, 2.24) is 15.5 Å². The van der Waals surface area contributed by atoms with E-state index >= 15 is 0 Å². The Morgan fingerprint density at radius 2 is 2.04 bits per heavy atom. The van der Waals surface area contributed by atoms with Gasteiger partial charge in [-0.1, -0.05) is 23.8 Å². The molecule has 0 radical (unpaired) electrons. The van der Waals surface area contributed by atoms with Crippen molar-refractivity contribution in [1.29, 1.82) is 0 Å². The molecule has 1 heterocycles. The lowest BCUT2D eigenvalue weighted by Gasteiger charge is -2.12. The number of ether oxygens (including phenoxy) is 1. The van der Waals surface area contributed by atoms with Crippen LogP contribution in [0.25, 0.3) is 10.9 Å². The molecule has 0 aliphatic carbocycles. The number of benzene rings is 2. The molecular formula is C18H19N3O3. The largest absolute Gasteiger partial charge is 0.497 e. The molecule has 6 heteroatoms. The van der Waals surface area contributed by atoms with Crippen molar-refractivity contribution in [3.05, 3.63) is 59.3 Å². The lowest BCUT2D eigenvalue weighted by Crippen LogP contribution is -2.28. The lowest BCUT2D eigenvalue weighted by atomic mass is 10.1. The third-order valence-corrected chi connectivity index (χ3v) is 3.89. The Bertz CT molecular complexity index is 856. The average Bonchev–Trinajstić information content (AvgIpc) is 3.02. The molecule has 6 nitrogen and oxygen atoms in total. The molecule has 1 amide bonds. The molecule has 124 valence electrons. The zero-order valence-electron chi connectivity index (χ0n) is 13.5. The molecule has 0 saturated carbocycles. The van der Waals surface area contributed by atoms with Crippen LogP contribution in [0.5, 0.6) is 5.75 Å². The van der Waals surface area contributed by atoms with E-state index in [4.69, 9.17) is 4.74 Å². The summed E-state index contributed by atoms with van der Waals surface area (Å²) in [4.78, 5) is 12.3. The number of hydrogen-bond acceptors (Lipinski definition) is 4. The highest BCUT2D eigenvalue weighted by atomic mass is 16.5. The van der Waals surface area contributed by atoms with Crippen LogP contribution < -0.4 is 10.1 Å². The van der Waals surface area contributed by atoms with Gasteiger partial charge in [0.05, 0.1) is 18.7 Å². The first-order valence-corrected chi connectivity index (χ1v) is 7.63. The summed E-state index contributed by atoms with van der Waals surface area (Å²) in [6, 6.07) is 12.8. The minimum atomic E-state index is -0.799. The van der Waals surface area contributed by atoms with Gasteiger partial charge in [0, 0.05) is 11.9 Å². The monoisotopic (exact) mass is 325 g/mol. The number of amides is 1. The Hall–Kier alpha value is -2.86. The standard InChI is InChI=1S/C18H19N3O3/c1-11-3-8-15-14(9-11)17(21-20-15)18(23)19-10-16(22)12-4-6-13(24-2)7-5-12/h3-9,16,22H,10H2,1-2H3,(H,19,23)(H,20,21). The highest BCUT2D eigenvalue weighted by molar-refractivity contribution is 6.04. The van der Waals surface area contributed by atoms with Gasteiger partial charge in [-0.15, -0.1) is 0 Å². The van der Waals surface area contributed by atoms with E-state index in [1.807, 2.05) is 25.1 Å². The van der Waals surface area contributed by atoms with E-state index < -0.39 is 6.10 Å². The summed E-state index contributed by atoms with van der Waals surface area (Å²) in [7, 11) is 1.58. The van der Waals surface area contributed by atoms with Gasteiger partial charge in [0.15, 0.2) is 5.69 Å². The van der Waals surface area contributed by atoms with Crippen molar-refractivity contribution in [2.24, 2.45) is 0 Å². The van der Waals surface area contributed by atoms with Gasteiger partial charge >= 0.3 is 0 Å².